The number of fused-ring (bicyclic) bond motifs is 3. The molecular formula is C13H18N2. The number of likely N-dealkylation sites (N-methyl/N-ethyl adjacent to an activating group) is 1. The number of rotatable bonds is 0. The maximum atomic E-state index is 3.53. The van der Waals surface area contributed by atoms with Crippen molar-refractivity contribution in [2.45, 2.75) is 25.9 Å². The van der Waals surface area contributed by atoms with Crippen LogP contribution in [-0.4, -0.2) is 23.0 Å². The summed E-state index contributed by atoms with van der Waals surface area (Å²) in [7, 11) is 2.19. The van der Waals surface area contributed by atoms with E-state index in [4.69, 9.17) is 0 Å². The zero-order chi connectivity index (χ0) is 10.4. The van der Waals surface area contributed by atoms with Gasteiger partial charge in [0.05, 0.1) is 0 Å². The number of para-hydroxylation sites is 1. The second kappa shape index (κ2) is 3.11. The molecule has 2 heterocycles. The minimum Gasteiger partial charge on any atom is -0.357 e. The van der Waals surface area contributed by atoms with E-state index in [1.807, 2.05) is 0 Å². The highest BCUT2D eigenvalue weighted by molar-refractivity contribution is 5.84. The van der Waals surface area contributed by atoms with E-state index < -0.39 is 0 Å². The summed E-state index contributed by atoms with van der Waals surface area (Å²) in [5.41, 5.74) is 4.21. The first-order valence-electron chi connectivity index (χ1n) is 5.54. The van der Waals surface area contributed by atoms with Gasteiger partial charge >= 0.3 is 0 Å². The van der Waals surface area contributed by atoms with Gasteiger partial charge in [-0.2, -0.15) is 0 Å². The van der Waals surface area contributed by atoms with Crippen LogP contribution in [-0.2, 0) is 13.0 Å². The van der Waals surface area contributed by atoms with E-state index in [9.17, 15) is 0 Å². The molecule has 1 N–H and O–H groups in total. The van der Waals surface area contributed by atoms with Gasteiger partial charge in [-0.15, -0.1) is 0 Å². The molecule has 1 aliphatic heterocycles. The smallest absolute Gasteiger partial charge is 0.0459 e. The first kappa shape index (κ1) is 8.98. The Balaban J connectivity index is 0.000000963. The lowest BCUT2D eigenvalue weighted by molar-refractivity contribution is 0.229. The number of aromatic amines is 1. The molecule has 1 atom stereocenters. The molecule has 1 aliphatic rings. The third kappa shape index (κ3) is 1.29. The maximum absolute atomic E-state index is 3.53. The highest BCUT2D eigenvalue weighted by atomic mass is 15.1. The van der Waals surface area contributed by atoms with Crippen LogP contribution in [0.4, 0.5) is 0 Å². The fraction of sp³-hybridized carbons (Fsp3) is 0.385. The summed E-state index contributed by atoms with van der Waals surface area (Å²) in [6, 6.07) is 9.26. The molecule has 0 radical (unpaired) electrons. The minimum atomic E-state index is 0. The van der Waals surface area contributed by atoms with Gasteiger partial charge in [0, 0.05) is 30.6 Å². The zero-order valence-corrected chi connectivity index (χ0v) is 9.25. The molecule has 15 heavy (non-hydrogen) atoms. The average molecular weight is 202 g/mol. The van der Waals surface area contributed by atoms with E-state index in [0.717, 1.165) is 13.0 Å². The van der Waals surface area contributed by atoms with Gasteiger partial charge in [-0.3, -0.25) is 4.90 Å². The molecule has 0 amide bonds. The van der Waals surface area contributed by atoms with Gasteiger partial charge in [-0.25, -0.2) is 0 Å². The summed E-state index contributed by atoms with van der Waals surface area (Å²) < 4.78 is 0. The number of nitrogens with one attached hydrogen (secondary N) is 1. The van der Waals surface area contributed by atoms with Crippen LogP contribution in [0.1, 0.15) is 19.6 Å². The Morgan fingerprint density at radius 1 is 1.40 bits per heavy atom. The Kier molecular flexibility index (Phi) is 1.86. The molecule has 2 heteroatoms. The number of nitrogens with zero attached hydrogens (tertiary/aromatic N) is 1. The number of benzene rings is 1. The van der Waals surface area contributed by atoms with Crippen molar-refractivity contribution in [2.24, 2.45) is 0 Å². The first-order chi connectivity index (χ1) is 7.25. The second-order valence-corrected chi connectivity index (χ2v) is 4.60. The molecule has 2 nitrogen and oxygen atoms in total. The summed E-state index contributed by atoms with van der Waals surface area (Å²) in [5.74, 6) is 0. The lowest BCUT2D eigenvalue weighted by Crippen LogP contribution is -2.34. The van der Waals surface area contributed by atoms with Crippen molar-refractivity contribution in [3.8, 4) is 0 Å². The minimum absolute atomic E-state index is 0. The molecular weight excluding hydrogens is 184 g/mol. The van der Waals surface area contributed by atoms with Gasteiger partial charge in [-0.1, -0.05) is 18.2 Å². The van der Waals surface area contributed by atoms with Crippen LogP contribution in [0.25, 0.3) is 10.9 Å². The van der Waals surface area contributed by atoms with Gasteiger partial charge in [-0.05, 0) is 32.0 Å². The van der Waals surface area contributed by atoms with Crippen LogP contribution >= 0.6 is 0 Å². The summed E-state index contributed by atoms with van der Waals surface area (Å²) in [6.45, 7) is 3.34. The van der Waals surface area contributed by atoms with Crippen molar-refractivity contribution in [3.05, 3.63) is 35.5 Å². The lowest BCUT2D eigenvalue weighted by atomic mass is 9.98. The summed E-state index contributed by atoms with van der Waals surface area (Å²) in [5, 5.41) is 1.41. The van der Waals surface area contributed by atoms with E-state index >= 15 is 0 Å². The Labute approximate surface area is 91.4 Å². The van der Waals surface area contributed by atoms with Crippen LogP contribution < -0.4 is 0 Å². The summed E-state index contributed by atoms with van der Waals surface area (Å²) in [6.07, 6.45) is 1.16. The topological polar surface area (TPSA) is 19.0 Å². The van der Waals surface area contributed by atoms with Crippen LogP contribution in [0, 0.1) is 0 Å². The Bertz CT molecular complexity index is 504. The van der Waals surface area contributed by atoms with Gasteiger partial charge in [0.15, 0.2) is 0 Å². The largest absolute Gasteiger partial charge is 0.357 e. The van der Waals surface area contributed by atoms with Crippen LogP contribution in [0.15, 0.2) is 24.3 Å². The van der Waals surface area contributed by atoms with Gasteiger partial charge in [0.25, 0.3) is 0 Å². The molecule has 0 bridgehead atoms. The standard InChI is InChI=1S/C13H16N2.H2/c1-9-7-11-10-5-3-4-6-12(10)14-13(11)8-15(9)2;/h3-6,9,14H,7-8H2,1-2H3;1H. The van der Waals surface area contributed by atoms with Crippen molar-refractivity contribution < 1.29 is 1.43 Å². The van der Waals surface area contributed by atoms with Crippen molar-refractivity contribution in [1.29, 1.82) is 0 Å². The molecule has 0 saturated heterocycles. The third-order valence-electron chi connectivity index (χ3n) is 3.56. The van der Waals surface area contributed by atoms with Gasteiger partial charge in [0.2, 0.25) is 0 Å². The molecule has 2 aromatic rings. The average Bonchev–Trinajstić information content (AvgIpc) is 2.57. The highest BCUT2D eigenvalue weighted by Gasteiger charge is 2.22. The second-order valence-electron chi connectivity index (χ2n) is 4.60. The van der Waals surface area contributed by atoms with Crippen LogP contribution in [0.3, 0.4) is 0 Å². The van der Waals surface area contributed by atoms with Crippen molar-refractivity contribution in [1.82, 2.24) is 9.88 Å². The molecule has 1 aromatic heterocycles. The Morgan fingerprint density at radius 2 is 2.20 bits per heavy atom. The molecule has 0 aliphatic carbocycles. The van der Waals surface area contributed by atoms with E-state index in [2.05, 4.69) is 48.1 Å². The third-order valence-corrected chi connectivity index (χ3v) is 3.56. The predicted octanol–water partition coefficient (Wildman–Crippen LogP) is 2.79. The number of hydrogen-bond acceptors (Lipinski definition) is 1. The Hall–Kier alpha value is -1.28. The molecule has 1 unspecified atom stereocenters. The number of aromatic nitrogens is 1. The van der Waals surface area contributed by atoms with Crippen LogP contribution in [0.2, 0.25) is 0 Å². The molecule has 0 saturated carbocycles. The lowest BCUT2D eigenvalue weighted by Gasteiger charge is -2.29. The Morgan fingerprint density at radius 3 is 3.07 bits per heavy atom. The van der Waals surface area contributed by atoms with Gasteiger partial charge in [0.1, 0.15) is 0 Å². The maximum Gasteiger partial charge on any atom is 0.0459 e. The van der Waals surface area contributed by atoms with Gasteiger partial charge < -0.3 is 4.98 Å². The van der Waals surface area contributed by atoms with E-state index in [0.29, 0.717) is 6.04 Å². The van der Waals surface area contributed by atoms with E-state index in [1.165, 1.54) is 22.2 Å². The van der Waals surface area contributed by atoms with Crippen molar-refractivity contribution in [2.75, 3.05) is 7.05 Å². The number of H-pyrrole nitrogens is 1. The number of hydrogen-bond donors (Lipinski definition) is 1. The quantitative estimate of drug-likeness (QED) is 0.696. The normalized spacial score (nSPS) is 21.9. The van der Waals surface area contributed by atoms with E-state index in [1.54, 1.807) is 0 Å². The molecule has 0 fully saturated rings. The SMILES string of the molecule is CC1Cc2c([nH]c3ccccc23)CN1C.[HH]. The van der Waals surface area contributed by atoms with Crippen molar-refractivity contribution in [3.63, 3.8) is 0 Å². The summed E-state index contributed by atoms with van der Waals surface area (Å²) >= 11 is 0. The molecule has 3 rings (SSSR count). The molecule has 1 aromatic carbocycles. The zero-order valence-electron chi connectivity index (χ0n) is 9.25. The fourth-order valence-corrected chi connectivity index (χ4v) is 2.48. The first-order valence-corrected chi connectivity index (χ1v) is 5.54. The fourth-order valence-electron chi connectivity index (χ4n) is 2.48. The van der Waals surface area contributed by atoms with Crippen LogP contribution in [0.5, 0.6) is 0 Å². The van der Waals surface area contributed by atoms with Crippen molar-refractivity contribution >= 4 is 10.9 Å². The van der Waals surface area contributed by atoms with E-state index in [-0.39, 0.29) is 1.43 Å². The summed E-state index contributed by atoms with van der Waals surface area (Å²) in [4.78, 5) is 5.93. The molecule has 0 spiro atoms. The molecule has 80 valence electrons. The monoisotopic (exact) mass is 202 g/mol. The predicted molar refractivity (Wildman–Crippen MR) is 65.0 cm³/mol. The highest BCUT2D eigenvalue weighted by Crippen LogP contribution is 2.28.